The molecule has 4 nitrogen and oxygen atoms in total. The zero-order chi connectivity index (χ0) is 15.1. The maximum atomic E-state index is 11.8. The average Bonchev–Trinajstić information content (AvgIpc) is 2.49. The lowest BCUT2D eigenvalue weighted by Crippen LogP contribution is -2.20. The molecule has 0 saturated heterocycles. The molecule has 0 spiro atoms. The minimum absolute atomic E-state index is 0.0183. The van der Waals surface area contributed by atoms with E-state index >= 15 is 0 Å². The second-order valence-corrected chi connectivity index (χ2v) is 5.34. The molecule has 0 saturated carbocycles. The van der Waals surface area contributed by atoms with Crippen LogP contribution in [0.15, 0.2) is 53.0 Å². The summed E-state index contributed by atoms with van der Waals surface area (Å²) in [5, 5.41) is 5.86. The molecule has 0 fully saturated rings. The van der Waals surface area contributed by atoms with Crippen LogP contribution in [-0.2, 0) is 11.3 Å². The predicted molar refractivity (Wildman–Crippen MR) is 87.5 cm³/mol. The van der Waals surface area contributed by atoms with Crippen LogP contribution in [0.3, 0.4) is 0 Å². The molecule has 0 radical (unpaired) electrons. The number of benzene rings is 2. The highest BCUT2D eigenvalue weighted by Crippen LogP contribution is 2.22. The molecule has 0 aliphatic carbocycles. The smallest absolute Gasteiger partial charge is 0.262 e. The van der Waals surface area contributed by atoms with Gasteiger partial charge in [0.2, 0.25) is 0 Å². The summed E-state index contributed by atoms with van der Waals surface area (Å²) in [6.45, 7) is 0.712. The molecular formula is C16H17BrN2O2. The summed E-state index contributed by atoms with van der Waals surface area (Å²) in [5.41, 5.74) is 1.84. The Morgan fingerprint density at radius 2 is 1.95 bits per heavy atom. The van der Waals surface area contributed by atoms with Crippen molar-refractivity contribution in [3.8, 4) is 5.75 Å². The molecule has 110 valence electrons. The molecule has 0 aliphatic rings. The van der Waals surface area contributed by atoms with Crippen LogP contribution in [0.2, 0.25) is 0 Å². The van der Waals surface area contributed by atoms with Gasteiger partial charge in [-0.15, -0.1) is 0 Å². The second-order valence-electron chi connectivity index (χ2n) is 4.49. The normalized spacial score (nSPS) is 10.2. The number of amides is 1. The monoisotopic (exact) mass is 348 g/mol. The molecule has 2 aromatic rings. The van der Waals surface area contributed by atoms with E-state index in [1.807, 2.05) is 55.6 Å². The Bertz CT molecular complexity index is 602. The molecule has 0 heterocycles. The lowest BCUT2D eigenvalue weighted by atomic mass is 10.2. The number of carbonyl (C=O) groups excluding carboxylic acids is 1. The Morgan fingerprint density at radius 1 is 1.19 bits per heavy atom. The van der Waals surface area contributed by atoms with E-state index in [0.29, 0.717) is 5.75 Å². The summed E-state index contributed by atoms with van der Waals surface area (Å²) < 4.78 is 6.53. The summed E-state index contributed by atoms with van der Waals surface area (Å²) in [6, 6.07) is 15.0. The number of halogens is 1. The van der Waals surface area contributed by atoms with Gasteiger partial charge in [0.15, 0.2) is 6.61 Å². The van der Waals surface area contributed by atoms with Crippen LogP contribution in [0.4, 0.5) is 5.69 Å². The van der Waals surface area contributed by atoms with Crippen molar-refractivity contribution < 1.29 is 9.53 Å². The maximum Gasteiger partial charge on any atom is 0.262 e. The largest absolute Gasteiger partial charge is 0.484 e. The van der Waals surface area contributed by atoms with E-state index in [2.05, 4.69) is 26.6 Å². The van der Waals surface area contributed by atoms with Crippen molar-refractivity contribution in [3.05, 3.63) is 58.6 Å². The Labute approximate surface area is 132 Å². The van der Waals surface area contributed by atoms with Crippen molar-refractivity contribution in [3.63, 3.8) is 0 Å². The fraction of sp³-hybridized carbons (Fsp3) is 0.188. The Kier molecular flexibility index (Phi) is 5.78. The number of hydrogen-bond acceptors (Lipinski definition) is 3. The van der Waals surface area contributed by atoms with Crippen LogP contribution >= 0.6 is 15.9 Å². The van der Waals surface area contributed by atoms with Crippen LogP contribution in [0.5, 0.6) is 5.75 Å². The lowest BCUT2D eigenvalue weighted by molar-refractivity contribution is -0.118. The van der Waals surface area contributed by atoms with Crippen molar-refractivity contribution in [2.24, 2.45) is 0 Å². The zero-order valence-electron chi connectivity index (χ0n) is 11.7. The van der Waals surface area contributed by atoms with Gasteiger partial charge in [-0.05, 0) is 42.9 Å². The molecule has 2 aromatic carbocycles. The quantitative estimate of drug-likeness (QED) is 0.842. The van der Waals surface area contributed by atoms with Crippen molar-refractivity contribution in [1.82, 2.24) is 5.32 Å². The highest BCUT2D eigenvalue weighted by Gasteiger charge is 2.05. The summed E-state index contributed by atoms with van der Waals surface area (Å²) in [6.07, 6.45) is 0. The number of rotatable bonds is 6. The van der Waals surface area contributed by atoms with Crippen molar-refractivity contribution in [2.45, 2.75) is 6.54 Å². The first-order valence-electron chi connectivity index (χ1n) is 6.60. The van der Waals surface area contributed by atoms with Gasteiger partial charge in [0.05, 0.1) is 0 Å². The number of ether oxygens (including phenoxy) is 1. The summed E-state index contributed by atoms with van der Waals surface area (Å²) in [7, 11) is 1.88. The van der Waals surface area contributed by atoms with E-state index in [0.717, 1.165) is 22.3 Å². The Balaban J connectivity index is 1.90. The van der Waals surface area contributed by atoms with Crippen molar-refractivity contribution in [2.75, 3.05) is 19.0 Å². The lowest BCUT2D eigenvalue weighted by Gasteiger charge is -2.10. The molecule has 21 heavy (non-hydrogen) atoms. The van der Waals surface area contributed by atoms with Gasteiger partial charge in [0, 0.05) is 16.7 Å². The zero-order valence-corrected chi connectivity index (χ0v) is 13.3. The Morgan fingerprint density at radius 3 is 2.67 bits per heavy atom. The van der Waals surface area contributed by atoms with Crippen LogP contribution in [0.25, 0.3) is 0 Å². The molecular weight excluding hydrogens is 332 g/mol. The van der Waals surface area contributed by atoms with Gasteiger partial charge in [0.1, 0.15) is 5.75 Å². The molecule has 2 rings (SSSR count). The fourth-order valence-electron chi connectivity index (χ4n) is 1.83. The van der Waals surface area contributed by atoms with Gasteiger partial charge >= 0.3 is 0 Å². The molecule has 2 N–H and O–H groups in total. The molecule has 0 aromatic heterocycles. The highest BCUT2D eigenvalue weighted by molar-refractivity contribution is 9.10. The van der Waals surface area contributed by atoms with E-state index < -0.39 is 0 Å². The van der Waals surface area contributed by atoms with Gasteiger partial charge < -0.3 is 15.4 Å². The molecule has 0 unspecified atom stereocenters. The van der Waals surface area contributed by atoms with Gasteiger partial charge in [-0.2, -0.15) is 0 Å². The van der Waals surface area contributed by atoms with Gasteiger partial charge in [-0.1, -0.05) is 34.1 Å². The molecule has 0 bridgehead atoms. The first-order valence-corrected chi connectivity index (χ1v) is 7.39. The molecule has 0 atom stereocenters. The van der Waals surface area contributed by atoms with Gasteiger partial charge in [-0.3, -0.25) is 4.79 Å². The molecule has 0 aliphatic heterocycles. The summed E-state index contributed by atoms with van der Waals surface area (Å²) >= 11 is 3.48. The van der Waals surface area contributed by atoms with E-state index in [9.17, 15) is 4.79 Å². The van der Waals surface area contributed by atoms with E-state index in [-0.39, 0.29) is 12.5 Å². The van der Waals surface area contributed by atoms with Gasteiger partial charge in [0.25, 0.3) is 5.91 Å². The third-order valence-electron chi connectivity index (χ3n) is 2.81. The maximum absolute atomic E-state index is 11.8. The van der Waals surface area contributed by atoms with Crippen LogP contribution in [-0.4, -0.2) is 19.6 Å². The summed E-state index contributed by atoms with van der Waals surface area (Å²) in [5.74, 6) is 0.492. The number of anilines is 1. The number of hydrogen-bond donors (Lipinski definition) is 2. The fourth-order valence-corrected chi connectivity index (χ4v) is 2.22. The summed E-state index contributed by atoms with van der Waals surface area (Å²) in [4.78, 5) is 11.8. The van der Waals surface area contributed by atoms with E-state index in [1.165, 1.54) is 0 Å². The third-order valence-corrected chi connectivity index (χ3v) is 3.59. The first-order chi connectivity index (χ1) is 10.2. The highest BCUT2D eigenvalue weighted by atomic mass is 79.9. The predicted octanol–water partition coefficient (Wildman–Crippen LogP) is 3.19. The van der Waals surface area contributed by atoms with Gasteiger partial charge in [-0.25, -0.2) is 0 Å². The standard InChI is InChI=1S/C16H17BrN2O2/c1-18-10-12-9-14(7-8-15(12)17)21-11-16(20)19-13-5-3-2-4-6-13/h2-9,18H,10-11H2,1H3,(H,19,20). The minimum atomic E-state index is -0.181. The minimum Gasteiger partial charge on any atom is -0.484 e. The third kappa shape index (κ3) is 4.88. The van der Waals surface area contributed by atoms with E-state index in [1.54, 1.807) is 0 Å². The topological polar surface area (TPSA) is 50.4 Å². The van der Waals surface area contributed by atoms with Crippen molar-refractivity contribution in [1.29, 1.82) is 0 Å². The average molecular weight is 349 g/mol. The van der Waals surface area contributed by atoms with Crippen LogP contribution in [0.1, 0.15) is 5.56 Å². The Hall–Kier alpha value is -1.85. The number of nitrogens with one attached hydrogen (secondary N) is 2. The van der Waals surface area contributed by atoms with Crippen molar-refractivity contribution >= 4 is 27.5 Å². The second kappa shape index (κ2) is 7.81. The number of carbonyl (C=O) groups is 1. The first kappa shape index (κ1) is 15.5. The van der Waals surface area contributed by atoms with Crippen LogP contribution < -0.4 is 15.4 Å². The van der Waals surface area contributed by atoms with Crippen LogP contribution in [0, 0.1) is 0 Å². The SMILES string of the molecule is CNCc1cc(OCC(=O)Nc2ccccc2)ccc1Br. The number of para-hydroxylation sites is 1. The van der Waals surface area contributed by atoms with E-state index in [4.69, 9.17) is 4.74 Å². The molecule has 1 amide bonds. The molecule has 5 heteroatoms.